The highest BCUT2D eigenvalue weighted by Crippen LogP contribution is 2.24. The second-order valence-electron chi connectivity index (χ2n) is 4.72. The lowest BCUT2D eigenvalue weighted by Crippen LogP contribution is -2.14. The van der Waals surface area contributed by atoms with Gasteiger partial charge in [-0.1, -0.05) is 60.5 Å². The minimum Gasteiger partial charge on any atom is -0.326 e. The maximum absolute atomic E-state index is 12.0. The van der Waals surface area contributed by atoms with Crippen LogP contribution in [0, 0.1) is 0 Å². The van der Waals surface area contributed by atoms with Gasteiger partial charge in [0.25, 0.3) is 0 Å². The number of anilines is 1. The van der Waals surface area contributed by atoms with E-state index in [1.807, 2.05) is 37.3 Å². The number of rotatable bonds is 4. The van der Waals surface area contributed by atoms with Crippen LogP contribution in [0.2, 0.25) is 10.0 Å². The van der Waals surface area contributed by atoms with Gasteiger partial charge in [0.2, 0.25) is 5.91 Å². The highest BCUT2D eigenvalue weighted by atomic mass is 35.5. The zero-order valence-corrected chi connectivity index (χ0v) is 12.6. The largest absolute Gasteiger partial charge is 0.326 e. The van der Waals surface area contributed by atoms with Gasteiger partial charge < -0.3 is 5.32 Å². The summed E-state index contributed by atoms with van der Waals surface area (Å²) in [6.07, 6.45) is 0.411. The van der Waals surface area contributed by atoms with E-state index < -0.39 is 0 Å². The Hall–Kier alpha value is -1.51. The molecule has 0 saturated carbocycles. The first-order valence-electron chi connectivity index (χ1n) is 6.35. The van der Waals surface area contributed by atoms with Gasteiger partial charge in [0.15, 0.2) is 0 Å². The van der Waals surface area contributed by atoms with Crippen molar-refractivity contribution in [3.63, 3.8) is 0 Å². The molecule has 0 spiro atoms. The molecule has 0 saturated heterocycles. The van der Waals surface area contributed by atoms with E-state index in [9.17, 15) is 4.79 Å². The Bertz CT molecular complexity index is 578. The van der Waals surface area contributed by atoms with Crippen molar-refractivity contribution in [3.8, 4) is 0 Å². The Labute approximate surface area is 128 Å². The molecule has 0 aliphatic heterocycles. The van der Waals surface area contributed by atoms with Crippen LogP contribution in [-0.4, -0.2) is 5.91 Å². The van der Waals surface area contributed by atoms with Crippen LogP contribution >= 0.6 is 23.2 Å². The molecule has 0 aliphatic carbocycles. The molecule has 1 atom stereocenters. The monoisotopic (exact) mass is 307 g/mol. The molecular formula is C16H15Cl2NO. The van der Waals surface area contributed by atoms with E-state index in [1.54, 1.807) is 18.2 Å². The Morgan fingerprint density at radius 2 is 1.70 bits per heavy atom. The Balaban J connectivity index is 1.99. The molecule has 0 heterocycles. The maximum Gasteiger partial charge on any atom is 0.224 e. The van der Waals surface area contributed by atoms with Crippen LogP contribution in [0.5, 0.6) is 0 Å². The van der Waals surface area contributed by atoms with Crippen molar-refractivity contribution < 1.29 is 4.79 Å². The van der Waals surface area contributed by atoms with Gasteiger partial charge in [-0.05, 0) is 29.7 Å². The van der Waals surface area contributed by atoms with E-state index in [4.69, 9.17) is 23.2 Å². The van der Waals surface area contributed by atoms with Crippen LogP contribution in [0.1, 0.15) is 24.8 Å². The summed E-state index contributed by atoms with van der Waals surface area (Å²) >= 11 is 11.8. The summed E-state index contributed by atoms with van der Waals surface area (Å²) in [6, 6.07) is 14.9. The predicted molar refractivity (Wildman–Crippen MR) is 84.6 cm³/mol. The first-order chi connectivity index (χ1) is 9.54. The number of hydrogen-bond acceptors (Lipinski definition) is 1. The molecule has 0 radical (unpaired) electrons. The zero-order chi connectivity index (χ0) is 14.5. The Morgan fingerprint density at radius 3 is 2.30 bits per heavy atom. The van der Waals surface area contributed by atoms with E-state index in [2.05, 4.69) is 5.32 Å². The molecule has 20 heavy (non-hydrogen) atoms. The van der Waals surface area contributed by atoms with Gasteiger partial charge in [0, 0.05) is 22.2 Å². The third-order valence-electron chi connectivity index (χ3n) is 3.01. The van der Waals surface area contributed by atoms with Crippen LogP contribution in [0.3, 0.4) is 0 Å². The lowest BCUT2D eigenvalue weighted by atomic mass is 9.97. The molecule has 2 aromatic carbocycles. The summed E-state index contributed by atoms with van der Waals surface area (Å²) in [4.78, 5) is 12.0. The van der Waals surface area contributed by atoms with Crippen molar-refractivity contribution in [2.24, 2.45) is 0 Å². The smallest absolute Gasteiger partial charge is 0.224 e. The van der Waals surface area contributed by atoms with Crippen molar-refractivity contribution in [2.75, 3.05) is 5.32 Å². The number of benzene rings is 2. The molecule has 0 aliphatic rings. The fourth-order valence-electron chi connectivity index (χ4n) is 2.02. The van der Waals surface area contributed by atoms with Gasteiger partial charge in [-0.2, -0.15) is 0 Å². The molecule has 1 N–H and O–H groups in total. The van der Waals surface area contributed by atoms with Gasteiger partial charge in [0.1, 0.15) is 0 Å². The molecular weight excluding hydrogens is 293 g/mol. The molecule has 0 aromatic heterocycles. The number of halogens is 2. The van der Waals surface area contributed by atoms with Gasteiger partial charge in [0.05, 0.1) is 0 Å². The van der Waals surface area contributed by atoms with Crippen molar-refractivity contribution in [1.82, 2.24) is 0 Å². The summed E-state index contributed by atoms with van der Waals surface area (Å²) in [5, 5.41) is 3.82. The number of carbonyl (C=O) groups excluding carboxylic acids is 1. The topological polar surface area (TPSA) is 29.1 Å². The Morgan fingerprint density at radius 1 is 1.10 bits per heavy atom. The van der Waals surface area contributed by atoms with E-state index in [0.717, 1.165) is 5.56 Å². The normalized spacial score (nSPS) is 11.9. The standard InChI is InChI=1S/C16H15Cl2NO/c1-11(12-5-3-2-4-6-12)7-16(20)19-15-9-13(17)8-14(18)10-15/h2-6,8-11H,7H2,1H3,(H,19,20)/t11-/m0/s1. The third-order valence-corrected chi connectivity index (χ3v) is 3.44. The van der Waals surface area contributed by atoms with E-state index in [-0.39, 0.29) is 11.8 Å². The number of nitrogens with one attached hydrogen (secondary N) is 1. The molecule has 1 amide bonds. The summed E-state index contributed by atoms with van der Waals surface area (Å²) in [5.41, 5.74) is 1.76. The first kappa shape index (κ1) is 14.9. The number of hydrogen-bond donors (Lipinski definition) is 1. The van der Waals surface area contributed by atoms with E-state index in [0.29, 0.717) is 22.2 Å². The van der Waals surface area contributed by atoms with Crippen LogP contribution in [0.4, 0.5) is 5.69 Å². The van der Waals surface area contributed by atoms with Gasteiger partial charge in [-0.3, -0.25) is 4.79 Å². The lowest BCUT2D eigenvalue weighted by molar-refractivity contribution is -0.116. The van der Waals surface area contributed by atoms with E-state index >= 15 is 0 Å². The third kappa shape index (κ3) is 4.26. The number of carbonyl (C=O) groups is 1. The molecule has 0 bridgehead atoms. The second-order valence-corrected chi connectivity index (χ2v) is 5.60. The Kier molecular flexibility index (Phi) is 5.05. The van der Waals surface area contributed by atoms with Gasteiger partial charge in [-0.25, -0.2) is 0 Å². The minimum absolute atomic E-state index is 0.0558. The average molecular weight is 308 g/mol. The maximum atomic E-state index is 12.0. The predicted octanol–water partition coefficient (Wildman–Crippen LogP) is 5.13. The molecule has 2 rings (SSSR count). The molecule has 0 unspecified atom stereocenters. The molecule has 2 aromatic rings. The average Bonchev–Trinajstić information content (AvgIpc) is 2.38. The van der Waals surface area contributed by atoms with Crippen LogP contribution in [0.25, 0.3) is 0 Å². The fourth-order valence-corrected chi connectivity index (χ4v) is 2.54. The fraction of sp³-hybridized carbons (Fsp3) is 0.188. The van der Waals surface area contributed by atoms with Crippen molar-refractivity contribution in [1.29, 1.82) is 0 Å². The quantitative estimate of drug-likeness (QED) is 0.834. The molecule has 4 heteroatoms. The first-order valence-corrected chi connectivity index (χ1v) is 7.11. The highest BCUT2D eigenvalue weighted by molar-refractivity contribution is 6.35. The zero-order valence-electron chi connectivity index (χ0n) is 11.1. The summed E-state index contributed by atoms with van der Waals surface area (Å²) in [6.45, 7) is 2.03. The summed E-state index contributed by atoms with van der Waals surface area (Å²) < 4.78 is 0. The number of amides is 1. The lowest BCUT2D eigenvalue weighted by Gasteiger charge is -2.12. The molecule has 0 fully saturated rings. The van der Waals surface area contributed by atoms with Crippen molar-refractivity contribution in [3.05, 3.63) is 64.1 Å². The van der Waals surface area contributed by atoms with E-state index in [1.165, 1.54) is 0 Å². The highest BCUT2D eigenvalue weighted by Gasteiger charge is 2.11. The van der Waals surface area contributed by atoms with Crippen LogP contribution in [0.15, 0.2) is 48.5 Å². The minimum atomic E-state index is -0.0558. The van der Waals surface area contributed by atoms with Crippen molar-refractivity contribution in [2.45, 2.75) is 19.3 Å². The SMILES string of the molecule is C[C@@H](CC(=O)Nc1cc(Cl)cc(Cl)c1)c1ccccc1. The van der Waals surface area contributed by atoms with Crippen molar-refractivity contribution >= 4 is 34.8 Å². The molecule has 2 nitrogen and oxygen atoms in total. The molecule has 104 valence electrons. The van der Waals surface area contributed by atoms with Gasteiger partial charge >= 0.3 is 0 Å². The summed E-state index contributed by atoms with van der Waals surface area (Å²) in [7, 11) is 0. The van der Waals surface area contributed by atoms with Gasteiger partial charge in [-0.15, -0.1) is 0 Å². The second kappa shape index (κ2) is 6.78. The van der Waals surface area contributed by atoms with Crippen LogP contribution in [-0.2, 0) is 4.79 Å². The summed E-state index contributed by atoms with van der Waals surface area (Å²) in [5.74, 6) is 0.102. The van der Waals surface area contributed by atoms with Crippen LogP contribution < -0.4 is 5.32 Å².